The van der Waals surface area contributed by atoms with Crippen molar-refractivity contribution in [1.82, 2.24) is 0 Å². The molecule has 17 aliphatic rings. The molecular weight excluding hydrogens is 1460 g/mol. The number of allylic oxidation sites excluding steroid dienone is 8. The van der Waals surface area contributed by atoms with Gasteiger partial charge in [-0.05, 0) is 364 Å². The van der Waals surface area contributed by atoms with Crippen LogP contribution < -0.4 is 10.4 Å². The van der Waals surface area contributed by atoms with Crippen molar-refractivity contribution in [3.63, 3.8) is 0 Å². The zero-order chi connectivity index (χ0) is 66.7. The maximum atomic E-state index is 3.42. The highest BCUT2D eigenvalue weighted by atomic mass is 79.9. The molecule has 36 rings (SSSR count). The number of thiophene rings is 3. The minimum atomic E-state index is 0.0814. The Labute approximate surface area is 630 Å². The Kier molecular flexibility index (Phi) is 8.22. The summed E-state index contributed by atoms with van der Waals surface area (Å²) in [6.07, 6.45) is 28.6. The highest BCUT2D eigenvalue weighted by Gasteiger charge is 2.72. The van der Waals surface area contributed by atoms with Crippen LogP contribution in [0.4, 0.5) is 0 Å². The summed E-state index contributed by atoms with van der Waals surface area (Å²) >= 11 is 12.6. The van der Waals surface area contributed by atoms with Crippen molar-refractivity contribution >= 4 is 246 Å². The summed E-state index contributed by atoms with van der Waals surface area (Å²) in [4.78, 5) is 4.66. The van der Waals surface area contributed by atoms with Gasteiger partial charge in [-0.15, -0.1) is 34.0 Å². The highest BCUT2D eigenvalue weighted by molar-refractivity contribution is 9.09. The van der Waals surface area contributed by atoms with Gasteiger partial charge in [0.25, 0.3) is 0 Å². The van der Waals surface area contributed by atoms with E-state index in [1.807, 2.05) is 44.8 Å². The Morgan fingerprint density at radius 2 is 1.07 bits per heavy atom. The number of rotatable bonds is 4. The van der Waals surface area contributed by atoms with Gasteiger partial charge in [-0.1, -0.05) is 161 Å². The zero-order valence-electron chi connectivity index (χ0n) is 57.4. The Bertz CT molecular complexity index is 7980. The molecule has 3 aromatic heterocycles. The molecule has 19 aromatic rings. The van der Waals surface area contributed by atoms with Crippen LogP contribution in [0.15, 0.2) is 137 Å². The van der Waals surface area contributed by atoms with Gasteiger partial charge >= 0.3 is 0 Å². The quantitative estimate of drug-likeness (QED) is 0.0936. The number of aryl methyl sites for hydroxylation is 2. The fourth-order valence-electron chi connectivity index (χ4n) is 31.5. The van der Waals surface area contributed by atoms with Crippen LogP contribution in [-0.4, -0.2) is 0 Å². The van der Waals surface area contributed by atoms with Gasteiger partial charge in [0.05, 0.1) is 0 Å². The van der Waals surface area contributed by atoms with Gasteiger partial charge in [0.1, 0.15) is 0 Å². The summed E-state index contributed by atoms with van der Waals surface area (Å²) in [5.41, 5.74) is 32.7. The molecule has 0 saturated heterocycles. The summed E-state index contributed by atoms with van der Waals surface area (Å²) in [6.45, 7) is 4.42. The van der Waals surface area contributed by atoms with E-state index >= 15 is 0 Å². The molecule has 0 amide bonds. The number of benzene rings is 10. The van der Waals surface area contributed by atoms with Gasteiger partial charge in [-0.3, -0.25) is 0 Å². The summed E-state index contributed by atoms with van der Waals surface area (Å²) in [5.74, 6) is 6.91. The van der Waals surface area contributed by atoms with Crippen LogP contribution in [0.3, 0.4) is 0 Å². The summed E-state index contributed by atoms with van der Waals surface area (Å²) in [6, 6.07) is 32.5. The second-order valence-electron chi connectivity index (χ2n) is 35.6. The minimum absolute atomic E-state index is 0.0814. The Morgan fingerprint density at radius 1 is 0.419 bits per heavy atom. The predicted molar refractivity (Wildman–Crippen MR) is 450 cm³/mol. The number of alkyl halides is 2. The molecule has 2 spiro atoms. The smallest absolute Gasteiger partial charge is 0.0380 e. The first kappa shape index (κ1) is 53.5. The first-order chi connectivity index (χ1) is 52.0. The van der Waals surface area contributed by atoms with Gasteiger partial charge in [-0.2, -0.15) is 0 Å². The molecule has 490 valence electrons. The SMILES string of the molecule is BrCc1ccsc1CBr.C1=CC2C3C4=c5c6c7c8c(ccc9c%10ccc%11c%12ccc%13c1c3c1c5c3c6c(c89)c%10c%11c3c%12c%131)C1C=CC2C4C71.C1=CC2C3C=CC4c5ccc6c7c8c9c%10c(c57)C4C3=C3c%10c4c9c5c7c(ccc9c1c(c4c97)C32)=C1CCC6C82Cc3ccsc3CC152.CCc1ccsc1CC. The first-order valence-corrected chi connectivity index (χ1v) is 44.5. The van der Waals surface area contributed by atoms with Crippen LogP contribution in [0.1, 0.15) is 166 Å². The standard InChI is InChI=1S/C46H24S.C40H16.C8H12S.C6H6Br2S/c1-3-18-20-5-7-22-24-9-10-25-23-8-6-21-19-4-2-17-16(1)27-29(18)36-31(20)33(22)43-41-39(36)38-35(27)28(17)30(19)37-32(21)34(23)44(42(41)40(37)38)46(25)14-26-15(11-12-47-26)13-45(24,43)46;1-2-12-14-5-6-16-18-9-10-20-19-8-7-17-15-4-3-13-11(1)21-22(12)32-24(14)26(16)34-29(18)30(20)35-28(19)27(17)33-25(15)23(13)31(21)36-37(32)39(34)40(35)38(33)36;1-3-7-5-6-9-8(7)4-2;7-3-5-1-2-9-6(5)4-8/h1-8,11-12,16-18,24,28-29H,9-10,13-14H2;1-13,21-23H;5-6H,3-4H2,1-2H3;1-2H,3-4H2. The predicted octanol–water partition coefficient (Wildman–Crippen LogP) is 25.6. The van der Waals surface area contributed by atoms with Crippen molar-refractivity contribution in [2.45, 2.75) is 115 Å². The Hall–Kier alpha value is -8.26. The van der Waals surface area contributed by atoms with Crippen LogP contribution in [-0.2, 0) is 47.2 Å². The van der Waals surface area contributed by atoms with Crippen molar-refractivity contribution in [3.05, 3.63) is 246 Å². The van der Waals surface area contributed by atoms with E-state index in [4.69, 9.17) is 0 Å². The van der Waals surface area contributed by atoms with Crippen LogP contribution in [0.2, 0.25) is 0 Å². The van der Waals surface area contributed by atoms with Crippen LogP contribution in [0, 0.1) is 29.6 Å². The highest BCUT2D eigenvalue weighted by Crippen LogP contribution is 2.83. The lowest BCUT2D eigenvalue weighted by atomic mass is 9.41. The van der Waals surface area contributed by atoms with Gasteiger partial charge in [0, 0.05) is 77.5 Å². The second kappa shape index (κ2) is 16.1. The molecule has 16 aromatic carbocycles. The van der Waals surface area contributed by atoms with Gasteiger partial charge < -0.3 is 0 Å². The molecule has 17 aliphatic carbocycles. The molecule has 2 fully saturated rings. The fraction of sp³-hybridized carbons (Fsp3) is 0.240. The average molecular weight is 1520 g/mol. The number of hydrogen-bond acceptors (Lipinski definition) is 3. The normalized spacial score (nSPS) is 29.8. The van der Waals surface area contributed by atoms with Crippen molar-refractivity contribution < 1.29 is 0 Å². The zero-order valence-corrected chi connectivity index (χ0v) is 63.0. The molecule has 5 heteroatoms. The Morgan fingerprint density at radius 3 is 1.86 bits per heavy atom. The lowest BCUT2D eigenvalue weighted by Crippen LogP contribution is -2.59. The van der Waals surface area contributed by atoms with Crippen molar-refractivity contribution in [1.29, 1.82) is 0 Å². The third-order valence-corrected chi connectivity index (χ3v) is 38.3. The summed E-state index contributed by atoms with van der Waals surface area (Å²) < 4.78 is 0. The third-order valence-electron chi connectivity index (χ3n) is 33.8. The largest absolute Gasteiger partial charge is 0.149 e. The molecule has 14 atom stereocenters. The number of hydrogen-bond donors (Lipinski definition) is 0. The fourth-order valence-corrected chi connectivity index (χ4v) is 35.6. The van der Waals surface area contributed by atoms with Crippen LogP contribution in [0.25, 0.3) is 180 Å². The molecule has 0 radical (unpaired) electrons. The van der Waals surface area contributed by atoms with Crippen molar-refractivity contribution in [3.8, 4) is 0 Å². The molecular formula is C100H58Br2S3. The van der Waals surface area contributed by atoms with Gasteiger partial charge in [0.15, 0.2) is 0 Å². The van der Waals surface area contributed by atoms with E-state index in [2.05, 4.69) is 201 Å². The first-order valence-electron chi connectivity index (χ1n) is 39.6. The van der Waals surface area contributed by atoms with E-state index in [9.17, 15) is 0 Å². The van der Waals surface area contributed by atoms with E-state index in [1.54, 1.807) is 217 Å². The van der Waals surface area contributed by atoms with Gasteiger partial charge in [-0.25, -0.2) is 0 Å². The summed E-state index contributed by atoms with van der Waals surface area (Å²) in [5, 5.41) is 57.8. The minimum Gasteiger partial charge on any atom is -0.149 e. The maximum absolute atomic E-state index is 3.42. The lowest BCUT2D eigenvalue weighted by molar-refractivity contribution is 0.185. The molecule has 0 N–H and O–H groups in total. The van der Waals surface area contributed by atoms with Crippen LogP contribution in [0.5, 0.6) is 0 Å². The lowest BCUT2D eigenvalue weighted by Gasteiger charge is -2.60. The molecule has 0 aliphatic heterocycles. The second-order valence-corrected chi connectivity index (χ2v) is 39.8. The van der Waals surface area contributed by atoms with Gasteiger partial charge in [0.2, 0.25) is 0 Å². The molecule has 0 bridgehead atoms. The van der Waals surface area contributed by atoms with E-state index < -0.39 is 0 Å². The molecule has 105 heavy (non-hydrogen) atoms. The average Bonchev–Trinajstić information content (AvgIpc) is 1.43. The molecule has 2 saturated carbocycles. The molecule has 14 unspecified atom stereocenters. The van der Waals surface area contributed by atoms with Crippen LogP contribution >= 0.6 is 65.9 Å². The van der Waals surface area contributed by atoms with E-state index in [1.165, 1.54) is 81.5 Å². The third kappa shape index (κ3) is 4.71. The molecule has 3 heterocycles. The van der Waals surface area contributed by atoms with Crippen molar-refractivity contribution in [2.75, 3.05) is 0 Å². The van der Waals surface area contributed by atoms with E-state index in [0.717, 1.165) is 10.7 Å². The Balaban J connectivity index is 0.0000000861. The maximum Gasteiger partial charge on any atom is 0.0380 e. The van der Waals surface area contributed by atoms with Crippen molar-refractivity contribution in [2.24, 2.45) is 29.6 Å². The number of fused-ring (bicyclic) bond motifs is 10. The number of halogens is 2. The monoisotopic (exact) mass is 1510 g/mol. The summed E-state index contributed by atoms with van der Waals surface area (Å²) in [7, 11) is 0. The molecule has 0 nitrogen and oxygen atoms in total. The van der Waals surface area contributed by atoms with E-state index in [0.29, 0.717) is 71.0 Å². The van der Waals surface area contributed by atoms with E-state index in [-0.39, 0.29) is 10.8 Å². The topological polar surface area (TPSA) is 0 Å².